The van der Waals surface area contributed by atoms with Crippen molar-refractivity contribution in [3.8, 4) is 5.75 Å². The number of nitrogens with zero attached hydrogens (tertiary/aromatic N) is 2. The first-order valence-electron chi connectivity index (χ1n) is 6.69. The van der Waals surface area contributed by atoms with Crippen molar-refractivity contribution in [2.24, 2.45) is 0 Å². The van der Waals surface area contributed by atoms with Gasteiger partial charge in [-0.15, -0.1) is 0 Å². The SMILES string of the molecule is CC(C)Oc1cc(N(C)CCCC(=O)O)ccc1[N+](=O)[O-]. The van der Waals surface area contributed by atoms with Gasteiger partial charge >= 0.3 is 11.7 Å². The first-order chi connectivity index (χ1) is 9.81. The number of rotatable bonds is 8. The summed E-state index contributed by atoms with van der Waals surface area (Å²) in [6.45, 7) is 4.14. The Balaban J connectivity index is 2.88. The van der Waals surface area contributed by atoms with Crippen LogP contribution in [0.5, 0.6) is 5.75 Å². The molecule has 0 saturated carbocycles. The van der Waals surface area contributed by atoms with E-state index in [1.165, 1.54) is 6.07 Å². The Morgan fingerprint density at radius 3 is 2.67 bits per heavy atom. The van der Waals surface area contributed by atoms with Gasteiger partial charge in [-0.3, -0.25) is 14.9 Å². The van der Waals surface area contributed by atoms with Crippen molar-refractivity contribution in [3.63, 3.8) is 0 Å². The largest absolute Gasteiger partial charge is 0.484 e. The number of anilines is 1. The van der Waals surface area contributed by atoms with Crippen LogP contribution in [0.4, 0.5) is 11.4 Å². The predicted molar refractivity (Wildman–Crippen MR) is 79.0 cm³/mol. The minimum absolute atomic E-state index is 0.0774. The third kappa shape index (κ3) is 5.29. The molecular formula is C14H20N2O5. The van der Waals surface area contributed by atoms with Gasteiger partial charge in [0.25, 0.3) is 0 Å². The van der Waals surface area contributed by atoms with Crippen LogP contribution < -0.4 is 9.64 Å². The molecule has 7 heteroatoms. The molecule has 1 N–H and O–H groups in total. The Morgan fingerprint density at radius 1 is 1.48 bits per heavy atom. The standard InChI is InChI=1S/C14H20N2O5/c1-10(2)21-13-9-11(6-7-12(13)16(19)20)15(3)8-4-5-14(17)18/h6-7,9-10H,4-5,8H2,1-3H3,(H,17,18). The topological polar surface area (TPSA) is 92.9 Å². The van der Waals surface area contributed by atoms with E-state index in [0.717, 1.165) is 5.69 Å². The molecule has 0 spiro atoms. The highest BCUT2D eigenvalue weighted by Crippen LogP contribution is 2.32. The second-order valence-electron chi connectivity index (χ2n) is 4.99. The molecule has 0 fully saturated rings. The Labute approximate surface area is 123 Å². The van der Waals surface area contributed by atoms with Gasteiger partial charge in [0.1, 0.15) is 0 Å². The van der Waals surface area contributed by atoms with Crippen molar-refractivity contribution in [2.45, 2.75) is 32.8 Å². The van der Waals surface area contributed by atoms with Gasteiger partial charge in [0, 0.05) is 37.8 Å². The molecule has 0 unspecified atom stereocenters. The van der Waals surface area contributed by atoms with Crippen molar-refractivity contribution in [2.75, 3.05) is 18.5 Å². The van der Waals surface area contributed by atoms with Crippen LogP contribution in [0.25, 0.3) is 0 Å². The van der Waals surface area contributed by atoms with Crippen LogP contribution in [0.3, 0.4) is 0 Å². The lowest BCUT2D eigenvalue weighted by Gasteiger charge is -2.20. The van der Waals surface area contributed by atoms with Gasteiger partial charge in [-0.05, 0) is 26.3 Å². The molecule has 1 aromatic rings. The highest BCUT2D eigenvalue weighted by Gasteiger charge is 2.18. The molecule has 0 aliphatic rings. The summed E-state index contributed by atoms with van der Waals surface area (Å²) in [6, 6.07) is 4.64. The quantitative estimate of drug-likeness (QED) is 0.585. The Hall–Kier alpha value is -2.31. The van der Waals surface area contributed by atoms with E-state index in [0.29, 0.717) is 13.0 Å². The van der Waals surface area contributed by atoms with E-state index < -0.39 is 10.9 Å². The molecule has 0 amide bonds. The average molecular weight is 296 g/mol. The lowest BCUT2D eigenvalue weighted by molar-refractivity contribution is -0.386. The first-order valence-corrected chi connectivity index (χ1v) is 6.69. The molecule has 0 atom stereocenters. The normalized spacial score (nSPS) is 10.5. The van der Waals surface area contributed by atoms with Crippen LogP contribution in [0.15, 0.2) is 18.2 Å². The molecule has 21 heavy (non-hydrogen) atoms. The lowest BCUT2D eigenvalue weighted by Crippen LogP contribution is -2.19. The van der Waals surface area contributed by atoms with Crippen LogP contribution in [-0.2, 0) is 4.79 Å². The molecule has 0 radical (unpaired) electrons. The zero-order chi connectivity index (χ0) is 16.0. The number of ether oxygens (including phenoxy) is 1. The maximum absolute atomic E-state index is 11.0. The van der Waals surface area contributed by atoms with Crippen molar-refractivity contribution in [1.82, 2.24) is 0 Å². The molecule has 7 nitrogen and oxygen atoms in total. The van der Waals surface area contributed by atoms with Crippen LogP contribution in [-0.4, -0.2) is 35.7 Å². The second kappa shape index (κ2) is 7.47. The minimum Gasteiger partial charge on any atom is -0.484 e. The van der Waals surface area contributed by atoms with E-state index in [9.17, 15) is 14.9 Å². The Bertz CT molecular complexity index is 516. The summed E-state index contributed by atoms with van der Waals surface area (Å²) >= 11 is 0. The number of carbonyl (C=O) groups is 1. The summed E-state index contributed by atoms with van der Waals surface area (Å²) in [7, 11) is 1.81. The number of hydrogen-bond acceptors (Lipinski definition) is 5. The summed E-state index contributed by atoms with van der Waals surface area (Å²) < 4.78 is 5.48. The van der Waals surface area contributed by atoms with Crippen LogP contribution in [0.2, 0.25) is 0 Å². The number of carboxylic acids is 1. The summed E-state index contributed by atoms with van der Waals surface area (Å²) in [5, 5.41) is 19.6. The Kier molecular flexibility index (Phi) is 5.95. The van der Waals surface area contributed by atoms with E-state index in [4.69, 9.17) is 9.84 Å². The molecule has 0 aromatic heterocycles. The molecule has 0 bridgehead atoms. The summed E-state index contributed by atoms with van der Waals surface area (Å²) in [5.74, 6) is -0.617. The van der Waals surface area contributed by atoms with Crippen molar-refractivity contribution in [1.29, 1.82) is 0 Å². The molecule has 0 aliphatic carbocycles. The predicted octanol–water partition coefficient (Wildman–Crippen LogP) is 2.68. The maximum atomic E-state index is 11.0. The molecule has 0 heterocycles. The molecule has 0 aliphatic heterocycles. The van der Waals surface area contributed by atoms with Gasteiger partial charge in [0.05, 0.1) is 11.0 Å². The summed E-state index contributed by atoms with van der Waals surface area (Å²) in [5.41, 5.74) is 0.674. The molecule has 1 rings (SSSR count). The van der Waals surface area contributed by atoms with Gasteiger partial charge in [-0.2, -0.15) is 0 Å². The van der Waals surface area contributed by atoms with Crippen molar-refractivity contribution in [3.05, 3.63) is 28.3 Å². The molecular weight excluding hydrogens is 276 g/mol. The number of carboxylic acid groups (broad SMARTS) is 1. The van der Waals surface area contributed by atoms with Crippen molar-refractivity contribution < 1.29 is 19.6 Å². The number of hydrogen-bond donors (Lipinski definition) is 1. The fraction of sp³-hybridized carbons (Fsp3) is 0.500. The highest BCUT2D eigenvalue weighted by atomic mass is 16.6. The van der Waals surface area contributed by atoms with E-state index in [1.54, 1.807) is 26.0 Å². The molecule has 0 saturated heterocycles. The molecule has 116 valence electrons. The van der Waals surface area contributed by atoms with E-state index in [2.05, 4.69) is 0 Å². The summed E-state index contributed by atoms with van der Waals surface area (Å²) in [6.07, 6.45) is 0.423. The van der Waals surface area contributed by atoms with Gasteiger partial charge in [0.15, 0.2) is 5.75 Å². The number of nitro benzene ring substituents is 1. The number of benzene rings is 1. The van der Waals surface area contributed by atoms with E-state index in [1.807, 2.05) is 11.9 Å². The zero-order valence-corrected chi connectivity index (χ0v) is 12.4. The number of nitro groups is 1. The first kappa shape index (κ1) is 16.7. The third-order valence-electron chi connectivity index (χ3n) is 2.83. The zero-order valence-electron chi connectivity index (χ0n) is 12.4. The van der Waals surface area contributed by atoms with Crippen molar-refractivity contribution >= 4 is 17.3 Å². The van der Waals surface area contributed by atoms with E-state index in [-0.39, 0.29) is 24.0 Å². The van der Waals surface area contributed by atoms with Gasteiger partial charge in [0.2, 0.25) is 0 Å². The number of aliphatic carboxylic acids is 1. The average Bonchev–Trinajstić information content (AvgIpc) is 2.36. The summed E-state index contributed by atoms with van der Waals surface area (Å²) in [4.78, 5) is 22.8. The second-order valence-corrected chi connectivity index (χ2v) is 4.99. The van der Waals surface area contributed by atoms with Gasteiger partial charge in [-0.25, -0.2) is 0 Å². The van der Waals surface area contributed by atoms with Crippen LogP contribution in [0.1, 0.15) is 26.7 Å². The fourth-order valence-electron chi connectivity index (χ4n) is 1.84. The monoisotopic (exact) mass is 296 g/mol. The van der Waals surface area contributed by atoms with E-state index >= 15 is 0 Å². The smallest absolute Gasteiger partial charge is 0.311 e. The Morgan fingerprint density at radius 2 is 2.14 bits per heavy atom. The highest BCUT2D eigenvalue weighted by molar-refractivity contribution is 5.66. The fourth-order valence-corrected chi connectivity index (χ4v) is 1.84. The maximum Gasteiger partial charge on any atom is 0.311 e. The van der Waals surface area contributed by atoms with Gasteiger partial charge in [-0.1, -0.05) is 0 Å². The molecule has 1 aromatic carbocycles. The van der Waals surface area contributed by atoms with Crippen LogP contribution in [0, 0.1) is 10.1 Å². The third-order valence-corrected chi connectivity index (χ3v) is 2.83. The minimum atomic E-state index is -0.837. The van der Waals surface area contributed by atoms with Crippen LogP contribution >= 0.6 is 0 Å². The van der Waals surface area contributed by atoms with Gasteiger partial charge < -0.3 is 14.7 Å². The lowest BCUT2D eigenvalue weighted by atomic mass is 10.2.